The molecule has 0 saturated carbocycles. The van der Waals surface area contributed by atoms with Gasteiger partial charge < -0.3 is 21.9 Å². The first-order valence-electron chi connectivity index (χ1n) is 8.43. The van der Waals surface area contributed by atoms with E-state index in [1.165, 1.54) is 11.8 Å². The molecule has 1 fully saturated rings. The molecule has 2 unspecified atom stereocenters. The van der Waals surface area contributed by atoms with Gasteiger partial charge in [0.2, 0.25) is 11.2 Å². The number of β-lactam (4-membered cyclic amide) rings is 1. The van der Waals surface area contributed by atoms with Gasteiger partial charge in [-0.2, -0.15) is 0 Å². The van der Waals surface area contributed by atoms with Crippen LogP contribution in [0.2, 0.25) is 4.34 Å². The zero-order valence-corrected chi connectivity index (χ0v) is 19.4. The van der Waals surface area contributed by atoms with Crippen LogP contribution in [0, 0.1) is 4.91 Å². The van der Waals surface area contributed by atoms with E-state index in [2.05, 4.69) is 25.7 Å². The number of nitroso groups, excluding NO2 is 1. The molecule has 32 heavy (non-hydrogen) atoms. The number of nitrogens with zero attached hydrogens (tertiary/aromatic N) is 5. The lowest BCUT2D eigenvalue weighted by Gasteiger charge is -2.49. The second-order valence-corrected chi connectivity index (χ2v) is 11.3. The number of carboxylic acids is 1. The maximum atomic E-state index is 12.7. The summed E-state index contributed by atoms with van der Waals surface area (Å²) in [7, 11) is 0. The van der Waals surface area contributed by atoms with E-state index in [0.717, 1.165) is 39.3 Å². The zero-order valence-electron chi connectivity index (χ0n) is 15.4. The third-order valence-electron chi connectivity index (χ3n) is 4.31. The highest BCUT2D eigenvalue weighted by Crippen LogP contribution is 2.46. The lowest BCUT2D eigenvalue weighted by Crippen LogP contribution is -2.70. The number of thioether (sulfide) groups is 2. The minimum Gasteiger partial charge on any atom is -0.477 e. The van der Waals surface area contributed by atoms with Crippen molar-refractivity contribution in [1.29, 1.82) is 0 Å². The summed E-state index contributed by atoms with van der Waals surface area (Å²) in [5, 5.41) is 22.0. The number of aliphatic carboxylic acids is 1. The van der Waals surface area contributed by atoms with Crippen molar-refractivity contribution in [2.45, 2.75) is 21.8 Å². The van der Waals surface area contributed by atoms with Gasteiger partial charge in [-0.1, -0.05) is 46.0 Å². The van der Waals surface area contributed by atoms with E-state index in [1.54, 1.807) is 0 Å². The number of rotatable bonds is 7. The summed E-state index contributed by atoms with van der Waals surface area (Å²) in [5.41, 5.74) is 10.8. The number of carboxylic acid groups (broad SMARTS) is 1. The van der Waals surface area contributed by atoms with Gasteiger partial charge in [0.05, 0.1) is 0 Å². The Morgan fingerprint density at radius 3 is 2.62 bits per heavy atom. The molecular formula is C14H11ClN8O5S4. The van der Waals surface area contributed by atoms with E-state index in [4.69, 9.17) is 23.1 Å². The van der Waals surface area contributed by atoms with Crippen LogP contribution < -0.4 is 16.8 Å². The van der Waals surface area contributed by atoms with Gasteiger partial charge >= 0.3 is 5.97 Å². The molecule has 0 aliphatic carbocycles. The van der Waals surface area contributed by atoms with E-state index in [1.807, 2.05) is 0 Å². The van der Waals surface area contributed by atoms with Gasteiger partial charge in [-0.25, -0.2) is 9.78 Å². The van der Waals surface area contributed by atoms with E-state index in [-0.39, 0.29) is 31.7 Å². The molecule has 2 aromatic heterocycles. The van der Waals surface area contributed by atoms with Gasteiger partial charge in [-0.05, 0) is 5.18 Å². The summed E-state index contributed by atoms with van der Waals surface area (Å²) in [4.78, 5) is 53.8. The number of hydrogen-bond donors (Lipinski definition) is 4. The van der Waals surface area contributed by atoms with E-state index >= 15 is 0 Å². The molecule has 2 amide bonds. The number of nitrogens with two attached hydrogens (primary N) is 2. The van der Waals surface area contributed by atoms with Crippen molar-refractivity contribution in [3.63, 3.8) is 0 Å². The summed E-state index contributed by atoms with van der Waals surface area (Å²) in [6.45, 7) is 0. The van der Waals surface area contributed by atoms with Crippen LogP contribution in [0.5, 0.6) is 0 Å². The van der Waals surface area contributed by atoms with Crippen LogP contribution in [0.1, 0.15) is 11.7 Å². The maximum Gasteiger partial charge on any atom is 0.353 e. The number of aromatic nitrogens is 3. The molecule has 4 heterocycles. The summed E-state index contributed by atoms with van der Waals surface area (Å²) in [6, 6.07) is -2.65. The standard InChI is InChI=1S/C14H11ClN8O5S4/c15-7-3(19-12(16)31-7)4(22-28)8(24)18-5-9(25)23-6(11(26)27)2(1-29-10(5)23)30-14-21-20-13(17)32-14/h4-5,10H,1H2,(H2,16,19)(H2,17,20)(H,18,24)(H,26,27)/t4?,5-,10?/m1/s1. The fourth-order valence-electron chi connectivity index (χ4n) is 2.99. The van der Waals surface area contributed by atoms with Crippen molar-refractivity contribution < 1.29 is 19.5 Å². The number of nitrogens with one attached hydrogen (secondary N) is 1. The SMILES string of the molecule is Nc1nnc(SC2=C(C(=O)O)N3C(=O)[C@@H](NC(=O)C(N=O)c4nc(N)sc4Cl)C3SC2)s1. The van der Waals surface area contributed by atoms with Gasteiger partial charge in [0.15, 0.2) is 9.47 Å². The molecule has 6 N–H and O–H groups in total. The molecule has 0 bridgehead atoms. The van der Waals surface area contributed by atoms with Crippen LogP contribution in [0.25, 0.3) is 0 Å². The molecule has 2 aliphatic heterocycles. The molecule has 0 aromatic carbocycles. The number of fused-ring (bicyclic) bond motifs is 1. The molecule has 4 rings (SSSR count). The lowest BCUT2D eigenvalue weighted by molar-refractivity contribution is -0.150. The minimum atomic E-state index is -1.60. The minimum absolute atomic E-state index is 0.0333. The zero-order chi connectivity index (χ0) is 23.2. The van der Waals surface area contributed by atoms with E-state index in [0.29, 0.717) is 9.24 Å². The summed E-state index contributed by atoms with van der Waals surface area (Å²) in [6.07, 6.45) is 0. The van der Waals surface area contributed by atoms with Gasteiger partial charge in [-0.15, -0.1) is 26.9 Å². The Morgan fingerprint density at radius 1 is 1.31 bits per heavy atom. The Morgan fingerprint density at radius 2 is 2.06 bits per heavy atom. The Balaban J connectivity index is 1.52. The van der Waals surface area contributed by atoms with Crippen molar-refractivity contribution >= 4 is 85.8 Å². The number of hydrogen-bond acceptors (Lipinski definition) is 14. The van der Waals surface area contributed by atoms with Crippen LogP contribution in [-0.2, 0) is 14.4 Å². The first-order valence-corrected chi connectivity index (χ1v) is 12.3. The van der Waals surface area contributed by atoms with Crippen molar-refractivity contribution in [2.24, 2.45) is 5.18 Å². The number of thiazole rings is 1. The Labute approximate surface area is 199 Å². The van der Waals surface area contributed by atoms with Gasteiger partial charge in [0.25, 0.3) is 11.8 Å². The van der Waals surface area contributed by atoms with Crippen molar-refractivity contribution in [3.8, 4) is 0 Å². The summed E-state index contributed by atoms with van der Waals surface area (Å²) >= 11 is 10.2. The Bertz CT molecular complexity index is 1170. The number of nitrogen functional groups attached to an aromatic ring is 2. The van der Waals surface area contributed by atoms with Crippen LogP contribution in [0.15, 0.2) is 20.1 Å². The smallest absolute Gasteiger partial charge is 0.353 e. The predicted octanol–water partition coefficient (Wildman–Crippen LogP) is 1.11. The molecular weight excluding hydrogens is 524 g/mol. The predicted molar refractivity (Wildman–Crippen MR) is 120 cm³/mol. The normalized spacial score (nSPS) is 21.0. The molecule has 18 heteroatoms. The summed E-state index contributed by atoms with van der Waals surface area (Å²) < 4.78 is 0.471. The van der Waals surface area contributed by atoms with Crippen molar-refractivity contribution in [1.82, 2.24) is 25.4 Å². The van der Waals surface area contributed by atoms with Gasteiger partial charge in [0, 0.05) is 10.7 Å². The molecule has 168 valence electrons. The monoisotopic (exact) mass is 534 g/mol. The molecule has 0 spiro atoms. The summed E-state index contributed by atoms with van der Waals surface area (Å²) in [5.74, 6) is -2.59. The molecule has 2 aliphatic rings. The van der Waals surface area contributed by atoms with Crippen molar-refractivity contribution in [3.05, 3.63) is 25.5 Å². The second-order valence-electron chi connectivity index (χ2n) is 6.20. The number of anilines is 2. The molecule has 0 radical (unpaired) electrons. The average molecular weight is 535 g/mol. The third-order valence-corrected chi connectivity index (χ3v) is 8.77. The molecule has 3 atom stereocenters. The van der Waals surface area contributed by atoms with Crippen LogP contribution in [-0.4, -0.2) is 60.1 Å². The number of carbonyl (C=O) groups is 3. The highest BCUT2D eigenvalue weighted by Gasteiger charge is 2.55. The quantitative estimate of drug-likeness (QED) is 0.291. The van der Waals surface area contributed by atoms with Crippen LogP contribution in [0.4, 0.5) is 10.3 Å². The van der Waals surface area contributed by atoms with E-state index in [9.17, 15) is 24.4 Å². The topological polar surface area (TPSA) is 207 Å². The largest absolute Gasteiger partial charge is 0.477 e. The van der Waals surface area contributed by atoms with Crippen LogP contribution >= 0.6 is 57.8 Å². The fraction of sp³-hybridized carbons (Fsp3) is 0.286. The fourth-order valence-corrected chi connectivity index (χ4v) is 7.24. The number of amides is 2. The lowest BCUT2D eigenvalue weighted by atomic mass is 10.0. The van der Waals surface area contributed by atoms with E-state index < -0.39 is 35.2 Å². The van der Waals surface area contributed by atoms with Gasteiger partial charge in [-0.3, -0.25) is 14.5 Å². The molecule has 2 aromatic rings. The molecule has 13 nitrogen and oxygen atoms in total. The average Bonchev–Trinajstić information content (AvgIpc) is 3.30. The first-order chi connectivity index (χ1) is 15.2. The van der Waals surface area contributed by atoms with Crippen LogP contribution in [0.3, 0.4) is 0 Å². The Hall–Kier alpha value is -2.47. The number of halogens is 1. The highest BCUT2D eigenvalue weighted by molar-refractivity contribution is 8.07. The molecule has 1 saturated heterocycles. The van der Waals surface area contributed by atoms with Gasteiger partial charge in [0.1, 0.15) is 27.1 Å². The Kier molecular flexibility index (Phi) is 6.26. The highest BCUT2D eigenvalue weighted by atomic mass is 35.5. The third kappa shape index (κ3) is 4.01. The number of carbonyl (C=O) groups excluding carboxylic acids is 2. The maximum absolute atomic E-state index is 12.7. The second kappa shape index (κ2) is 8.81. The van der Waals surface area contributed by atoms with Crippen molar-refractivity contribution in [2.75, 3.05) is 17.2 Å². The first kappa shape index (κ1) is 22.7.